The maximum absolute atomic E-state index is 12.4. The molecule has 3 aliphatic heterocycles. The van der Waals surface area contributed by atoms with Gasteiger partial charge in [-0.3, -0.25) is 4.79 Å². The molecular weight excluding hydrogens is 328 g/mol. The molecule has 1 amide bonds. The molecule has 0 unspecified atom stereocenters. The van der Waals surface area contributed by atoms with Gasteiger partial charge in [0.15, 0.2) is 0 Å². The molecule has 1 N–H and O–H groups in total. The van der Waals surface area contributed by atoms with Crippen LogP contribution >= 0.6 is 11.3 Å². The summed E-state index contributed by atoms with van der Waals surface area (Å²) in [4.78, 5) is 14.7. The summed E-state index contributed by atoms with van der Waals surface area (Å²) in [5.41, 5.74) is 1.75. The fraction of sp³-hybridized carbons (Fsp3) is 0.812. The number of rotatable bonds is 4. The first-order chi connectivity index (χ1) is 11.8. The average Bonchev–Trinajstić information content (AvgIpc) is 3.29. The summed E-state index contributed by atoms with van der Waals surface area (Å²) < 4.78 is 11.4. The largest absolute Gasteiger partial charge is 0.381 e. The monoisotopic (exact) mass is 352 g/mol. The molecule has 0 bridgehead atoms. The van der Waals surface area contributed by atoms with E-state index in [9.17, 15) is 4.79 Å². The van der Waals surface area contributed by atoms with Crippen molar-refractivity contribution in [1.29, 1.82) is 0 Å². The zero-order valence-electron chi connectivity index (χ0n) is 13.7. The van der Waals surface area contributed by atoms with Crippen molar-refractivity contribution in [3.8, 4) is 0 Å². The number of hydrogen-bond donors (Lipinski definition) is 1. The van der Waals surface area contributed by atoms with Gasteiger partial charge in [-0.15, -0.1) is 10.2 Å². The highest BCUT2D eigenvalue weighted by Crippen LogP contribution is 2.35. The summed E-state index contributed by atoms with van der Waals surface area (Å²) in [6.45, 7) is 4.14. The Balaban J connectivity index is 1.27. The molecule has 4 heterocycles. The van der Waals surface area contributed by atoms with Gasteiger partial charge in [-0.05, 0) is 37.5 Å². The van der Waals surface area contributed by atoms with Gasteiger partial charge >= 0.3 is 0 Å². The number of aromatic nitrogens is 2. The molecule has 0 spiro atoms. The number of nitrogens with zero attached hydrogens (tertiary/aromatic N) is 3. The Morgan fingerprint density at radius 1 is 1.38 bits per heavy atom. The fourth-order valence-electron chi connectivity index (χ4n) is 3.89. The molecule has 7 nitrogen and oxygen atoms in total. The predicted octanol–water partition coefficient (Wildman–Crippen LogP) is 1.06. The van der Waals surface area contributed by atoms with Crippen LogP contribution in [0, 0.1) is 11.8 Å². The molecule has 0 aliphatic carbocycles. The summed E-state index contributed by atoms with van der Waals surface area (Å²) in [5.74, 6) is 1.07. The number of carbonyl (C=O) groups is 1. The van der Waals surface area contributed by atoms with Crippen molar-refractivity contribution in [2.24, 2.45) is 11.8 Å². The van der Waals surface area contributed by atoms with E-state index in [2.05, 4.69) is 20.4 Å². The molecule has 0 saturated carbocycles. The third kappa shape index (κ3) is 3.55. The number of piperidine rings is 1. The Labute approximate surface area is 145 Å². The molecule has 3 atom stereocenters. The third-order valence-electron chi connectivity index (χ3n) is 5.37. The number of nitrogens with one attached hydrogen (secondary N) is 1. The summed E-state index contributed by atoms with van der Waals surface area (Å²) >= 11 is 1.55. The maximum atomic E-state index is 12.4. The van der Waals surface area contributed by atoms with E-state index < -0.39 is 0 Å². The van der Waals surface area contributed by atoms with Gasteiger partial charge in [0.1, 0.15) is 11.6 Å². The van der Waals surface area contributed by atoms with Crippen molar-refractivity contribution in [3.05, 3.63) is 5.51 Å². The number of fused-ring (bicyclic) bond motifs is 1. The Hall–Kier alpha value is -1.25. The first kappa shape index (κ1) is 16.2. The Morgan fingerprint density at radius 3 is 3.04 bits per heavy atom. The molecule has 0 aromatic carbocycles. The van der Waals surface area contributed by atoms with Crippen molar-refractivity contribution in [2.45, 2.75) is 37.9 Å². The standard InChI is InChI=1S/C16H24N4O3S/c21-15(17-8-11-2-5-22-6-3-11)13-7-12-1-4-20(9-14(12)23-13)16-19-18-10-24-16/h10-14H,1-9H2,(H,17,21)/t12-,13+,14-/m0/s1. The van der Waals surface area contributed by atoms with E-state index in [0.717, 1.165) is 63.7 Å². The fourth-order valence-corrected chi connectivity index (χ4v) is 4.49. The number of anilines is 1. The van der Waals surface area contributed by atoms with Crippen molar-refractivity contribution >= 4 is 22.4 Å². The lowest BCUT2D eigenvalue weighted by molar-refractivity contribution is -0.132. The lowest BCUT2D eigenvalue weighted by Crippen LogP contribution is -2.43. The van der Waals surface area contributed by atoms with E-state index in [1.165, 1.54) is 0 Å². The molecule has 8 heteroatoms. The minimum atomic E-state index is -0.297. The van der Waals surface area contributed by atoms with Crippen LogP contribution in [0.25, 0.3) is 0 Å². The highest BCUT2D eigenvalue weighted by atomic mass is 32.1. The third-order valence-corrected chi connectivity index (χ3v) is 6.12. The minimum absolute atomic E-state index is 0.0540. The van der Waals surface area contributed by atoms with Crippen LogP contribution in [0.3, 0.4) is 0 Å². The van der Waals surface area contributed by atoms with Crippen LogP contribution in [-0.4, -0.2) is 61.2 Å². The molecule has 24 heavy (non-hydrogen) atoms. The zero-order valence-corrected chi connectivity index (χ0v) is 14.5. The van der Waals surface area contributed by atoms with E-state index in [1.54, 1.807) is 16.8 Å². The molecule has 3 aliphatic rings. The second-order valence-electron chi connectivity index (χ2n) is 6.92. The van der Waals surface area contributed by atoms with Crippen LogP contribution in [0.1, 0.15) is 25.7 Å². The molecule has 4 rings (SSSR count). The van der Waals surface area contributed by atoms with Crippen LogP contribution in [0.2, 0.25) is 0 Å². The van der Waals surface area contributed by atoms with Crippen molar-refractivity contribution < 1.29 is 14.3 Å². The Kier molecular flexibility index (Phi) is 4.96. The molecule has 132 valence electrons. The maximum Gasteiger partial charge on any atom is 0.249 e. The highest BCUT2D eigenvalue weighted by Gasteiger charge is 2.42. The van der Waals surface area contributed by atoms with Crippen LogP contribution in [0.15, 0.2) is 5.51 Å². The first-order valence-electron chi connectivity index (χ1n) is 8.81. The van der Waals surface area contributed by atoms with Crippen LogP contribution in [-0.2, 0) is 14.3 Å². The summed E-state index contributed by atoms with van der Waals surface area (Å²) in [6, 6.07) is 0. The summed E-state index contributed by atoms with van der Waals surface area (Å²) in [6.07, 6.45) is 3.79. The summed E-state index contributed by atoms with van der Waals surface area (Å²) in [5, 5.41) is 12.1. The van der Waals surface area contributed by atoms with E-state index in [1.807, 2.05) is 0 Å². The smallest absolute Gasteiger partial charge is 0.249 e. The van der Waals surface area contributed by atoms with E-state index in [-0.39, 0.29) is 18.1 Å². The van der Waals surface area contributed by atoms with Gasteiger partial charge in [0, 0.05) is 32.8 Å². The van der Waals surface area contributed by atoms with E-state index >= 15 is 0 Å². The lowest BCUT2D eigenvalue weighted by Gasteiger charge is -2.33. The van der Waals surface area contributed by atoms with Crippen LogP contribution < -0.4 is 10.2 Å². The number of ether oxygens (including phenoxy) is 2. The number of carbonyl (C=O) groups excluding carboxylic acids is 1. The van der Waals surface area contributed by atoms with Gasteiger partial charge in [0.25, 0.3) is 0 Å². The minimum Gasteiger partial charge on any atom is -0.381 e. The van der Waals surface area contributed by atoms with E-state index in [0.29, 0.717) is 11.8 Å². The summed E-state index contributed by atoms with van der Waals surface area (Å²) in [7, 11) is 0. The number of amides is 1. The predicted molar refractivity (Wildman–Crippen MR) is 90.1 cm³/mol. The zero-order chi connectivity index (χ0) is 16.4. The second kappa shape index (κ2) is 7.33. The first-order valence-corrected chi connectivity index (χ1v) is 9.69. The topological polar surface area (TPSA) is 76.6 Å². The van der Waals surface area contributed by atoms with Crippen LogP contribution in [0.5, 0.6) is 0 Å². The van der Waals surface area contributed by atoms with E-state index in [4.69, 9.17) is 9.47 Å². The molecular formula is C16H24N4O3S. The normalized spacial score (nSPS) is 31.0. The van der Waals surface area contributed by atoms with Gasteiger partial charge in [0.05, 0.1) is 6.10 Å². The second-order valence-corrected chi connectivity index (χ2v) is 7.73. The van der Waals surface area contributed by atoms with Gasteiger partial charge < -0.3 is 19.7 Å². The van der Waals surface area contributed by atoms with Crippen molar-refractivity contribution in [1.82, 2.24) is 15.5 Å². The molecule has 0 radical (unpaired) electrons. The highest BCUT2D eigenvalue weighted by molar-refractivity contribution is 7.13. The van der Waals surface area contributed by atoms with Gasteiger partial charge in [-0.2, -0.15) is 0 Å². The van der Waals surface area contributed by atoms with Gasteiger partial charge in [0.2, 0.25) is 11.0 Å². The molecule has 3 fully saturated rings. The van der Waals surface area contributed by atoms with Crippen molar-refractivity contribution in [2.75, 3.05) is 37.7 Å². The molecule has 1 aromatic rings. The van der Waals surface area contributed by atoms with Crippen LogP contribution in [0.4, 0.5) is 5.13 Å². The lowest BCUT2D eigenvalue weighted by atomic mass is 9.92. The molecule has 1 aromatic heterocycles. The Bertz CT molecular complexity index is 550. The average molecular weight is 352 g/mol. The SMILES string of the molecule is O=C(NCC1CCOCC1)[C@H]1C[C@@H]2CCN(c3nncs3)C[C@@H]2O1. The Morgan fingerprint density at radius 2 is 2.25 bits per heavy atom. The number of hydrogen-bond acceptors (Lipinski definition) is 7. The van der Waals surface area contributed by atoms with Gasteiger partial charge in [-0.25, -0.2) is 0 Å². The van der Waals surface area contributed by atoms with Gasteiger partial charge in [-0.1, -0.05) is 11.3 Å². The molecule has 3 saturated heterocycles. The van der Waals surface area contributed by atoms with Crippen molar-refractivity contribution in [3.63, 3.8) is 0 Å². The quantitative estimate of drug-likeness (QED) is 0.873.